The van der Waals surface area contributed by atoms with Crippen molar-refractivity contribution in [3.8, 4) is 5.75 Å². The maximum Gasteiger partial charge on any atom is 0.131 e. The predicted molar refractivity (Wildman–Crippen MR) is 74.4 cm³/mol. The van der Waals surface area contributed by atoms with Gasteiger partial charge < -0.3 is 10.8 Å². The zero-order valence-electron chi connectivity index (χ0n) is 11.6. The van der Waals surface area contributed by atoms with Gasteiger partial charge in [-0.15, -0.1) is 0 Å². The van der Waals surface area contributed by atoms with Gasteiger partial charge in [-0.3, -0.25) is 4.90 Å². The summed E-state index contributed by atoms with van der Waals surface area (Å²) in [7, 11) is 0. The van der Waals surface area contributed by atoms with Crippen molar-refractivity contribution < 1.29 is 9.50 Å². The Hall–Kier alpha value is -1.13. The van der Waals surface area contributed by atoms with E-state index in [0.29, 0.717) is 23.9 Å². The topological polar surface area (TPSA) is 49.5 Å². The molecule has 0 aliphatic carbocycles. The second kappa shape index (κ2) is 5.88. The maximum atomic E-state index is 13.9. The van der Waals surface area contributed by atoms with E-state index in [0.717, 1.165) is 19.5 Å². The molecule has 3 nitrogen and oxygen atoms in total. The smallest absolute Gasteiger partial charge is 0.131 e. The molecule has 19 heavy (non-hydrogen) atoms. The average molecular weight is 266 g/mol. The summed E-state index contributed by atoms with van der Waals surface area (Å²) in [5.74, 6) is 0.755. The van der Waals surface area contributed by atoms with E-state index in [9.17, 15) is 9.50 Å². The van der Waals surface area contributed by atoms with Crippen LogP contribution in [0.2, 0.25) is 0 Å². The number of benzene rings is 1. The quantitative estimate of drug-likeness (QED) is 0.884. The molecule has 0 radical (unpaired) electrons. The standard InChI is InChI=1S/C15H23FN2O/c1-10-5-6-18(9-12(10)8-17)11(2)14-4-3-13(19)7-15(14)16/h3-4,7,10-12,19H,5-6,8-9,17H2,1-2H3. The first kappa shape index (κ1) is 14.3. The molecular formula is C15H23FN2O. The van der Waals surface area contributed by atoms with Crippen LogP contribution in [0, 0.1) is 17.7 Å². The number of nitrogens with two attached hydrogens (primary N) is 1. The zero-order chi connectivity index (χ0) is 14.0. The van der Waals surface area contributed by atoms with Gasteiger partial charge >= 0.3 is 0 Å². The van der Waals surface area contributed by atoms with Gasteiger partial charge in [-0.1, -0.05) is 13.0 Å². The summed E-state index contributed by atoms with van der Waals surface area (Å²) in [6, 6.07) is 4.41. The van der Waals surface area contributed by atoms with Crippen LogP contribution in [-0.2, 0) is 0 Å². The lowest BCUT2D eigenvalue weighted by Crippen LogP contribution is -2.43. The summed E-state index contributed by atoms with van der Waals surface area (Å²) in [6.45, 7) is 6.82. The van der Waals surface area contributed by atoms with Gasteiger partial charge in [-0.25, -0.2) is 4.39 Å². The SMILES string of the molecule is CC1CCN(C(C)c2ccc(O)cc2F)CC1CN. The molecule has 1 aliphatic heterocycles. The first-order chi connectivity index (χ1) is 9.02. The molecule has 1 aliphatic rings. The highest BCUT2D eigenvalue weighted by Crippen LogP contribution is 2.31. The lowest BCUT2D eigenvalue weighted by atomic mass is 9.86. The first-order valence-electron chi connectivity index (χ1n) is 6.95. The second-order valence-electron chi connectivity index (χ2n) is 5.64. The molecule has 1 saturated heterocycles. The van der Waals surface area contributed by atoms with Crippen molar-refractivity contribution in [3.05, 3.63) is 29.6 Å². The fourth-order valence-electron chi connectivity index (χ4n) is 2.89. The molecule has 1 aromatic carbocycles. The second-order valence-corrected chi connectivity index (χ2v) is 5.64. The first-order valence-corrected chi connectivity index (χ1v) is 6.95. The predicted octanol–water partition coefficient (Wildman–Crippen LogP) is 2.51. The third-order valence-electron chi connectivity index (χ3n) is 4.43. The molecular weight excluding hydrogens is 243 g/mol. The van der Waals surface area contributed by atoms with E-state index in [2.05, 4.69) is 11.8 Å². The molecule has 3 unspecified atom stereocenters. The molecule has 1 heterocycles. The number of hydrogen-bond donors (Lipinski definition) is 2. The molecule has 0 saturated carbocycles. The van der Waals surface area contributed by atoms with Gasteiger partial charge in [0.25, 0.3) is 0 Å². The molecule has 0 aromatic heterocycles. The van der Waals surface area contributed by atoms with Crippen molar-refractivity contribution in [2.24, 2.45) is 17.6 Å². The van der Waals surface area contributed by atoms with E-state index in [1.54, 1.807) is 12.1 Å². The molecule has 0 amide bonds. The number of nitrogens with zero attached hydrogens (tertiary/aromatic N) is 1. The summed E-state index contributed by atoms with van der Waals surface area (Å²) < 4.78 is 13.9. The number of phenolic OH excluding ortho intramolecular Hbond substituents is 1. The summed E-state index contributed by atoms with van der Waals surface area (Å²) in [4.78, 5) is 2.28. The minimum Gasteiger partial charge on any atom is -0.508 e. The molecule has 1 aromatic rings. The fraction of sp³-hybridized carbons (Fsp3) is 0.600. The number of halogens is 1. The summed E-state index contributed by atoms with van der Waals surface area (Å²) in [6.07, 6.45) is 1.10. The lowest BCUT2D eigenvalue weighted by molar-refractivity contribution is 0.0963. The van der Waals surface area contributed by atoms with Crippen molar-refractivity contribution in [1.29, 1.82) is 0 Å². The zero-order valence-corrected chi connectivity index (χ0v) is 11.6. The monoisotopic (exact) mass is 266 g/mol. The Labute approximate surface area is 114 Å². The highest BCUT2D eigenvalue weighted by molar-refractivity contribution is 5.29. The number of piperidine rings is 1. The summed E-state index contributed by atoms with van der Waals surface area (Å²) >= 11 is 0. The van der Waals surface area contributed by atoms with Gasteiger partial charge in [0.1, 0.15) is 11.6 Å². The van der Waals surface area contributed by atoms with E-state index in [1.165, 1.54) is 6.07 Å². The fourth-order valence-corrected chi connectivity index (χ4v) is 2.89. The van der Waals surface area contributed by atoms with Crippen LogP contribution in [0.25, 0.3) is 0 Å². The van der Waals surface area contributed by atoms with Crippen LogP contribution in [0.5, 0.6) is 5.75 Å². The summed E-state index contributed by atoms with van der Waals surface area (Å²) in [5, 5.41) is 9.27. The Bertz CT molecular complexity index is 438. The van der Waals surface area contributed by atoms with Crippen molar-refractivity contribution in [2.45, 2.75) is 26.3 Å². The Morgan fingerprint density at radius 3 is 2.89 bits per heavy atom. The molecule has 106 valence electrons. The van der Waals surface area contributed by atoms with Crippen LogP contribution in [-0.4, -0.2) is 29.6 Å². The number of phenols is 1. The number of rotatable bonds is 3. The molecule has 3 N–H and O–H groups in total. The van der Waals surface area contributed by atoms with E-state index >= 15 is 0 Å². The van der Waals surface area contributed by atoms with E-state index in [1.807, 2.05) is 6.92 Å². The van der Waals surface area contributed by atoms with Gasteiger partial charge in [0.2, 0.25) is 0 Å². The summed E-state index contributed by atoms with van der Waals surface area (Å²) in [5.41, 5.74) is 6.45. The van der Waals surface area contributed by atoms with E-state index in [4.69, 9.17) is 5.73 Å². The lowest BCUT2D eigenvalue weighted by Gasteiger charge is -2.40. The Balaban J connectivity index is 2.13. The maximum absolute atomic E-state index is 13.9. The van der Waals surface area contributed by atoms with Crippen LogP contribution in [0.4, 0.5) is 4.39 Å². The molecule has 1 fully saturated rings. The Kier molecular flexibility index (Phi) is 4.42. The van der Waals surface area contributed by atoms with Crippen LogP contribution in [0.1, 0.15) is 31.9 Å². The molecule has 0 spiro atoms. The minimum atomic E-state index is -0.338. The highest BCUT2D eigenvalue weighted by Gasteiger charge is 2.29. The molecule has 3 atom stereocenters. The molecule has 0 bridgehead atoms. The van der Waals surface area contributed by atoms with Crippen molar-refractivity contribution >= 4 is 0 Å². The third-order valence-corrected chi connectivity index (χ3v) is 4.43. The van der Waals surface area contributed by atoms with Crippen LogP contribution in [0.15, 0.2) is 18.2 Å². The van der Waals surface area contributed by atoms with Crippen LogP contribution < -0.4 is 5.73 Å². The third kappa shape index (κ3) is 3.07. The number of likely N-dealkylation sites (tertiary alicyclic amines) is 1. The average Bonchev–Trinajstić information content (AvgIpc) is 2.38. The van der Waals surface area contributed by atoms with Crippen molar-refractivity contribution in [1.82, 2.24) is 4.90 Å². The van der Waals surface area contributed by atoms with Crippen LogP contribution >= 0.6 is 0 Å². The number of hydrogen-bond acceptors (Lipinski definition) is 3. The van der Waals surface area contributed by atoms with Gasteiger partial charge in [0.15, 0.2) is 0 Å². The Morgan fingerprint density at radius 1 is 1.53 bits per heavy atom. The van der Waals surface area contributed by atoms with Crippen molar-refractivity contribution in [3.63, 3.8) is 0 Å². The molecule has 4 heteroatoms. The van der Waals surface area contributed by atoms with Gasteiger partial charge in [0.05, 0.1) is 0 Å². The van der Waals surface area contributed by atoms with E-state index < -0.39 is 0 Å². The minimum absolute atomic E-state index is 0.0159. The highest BCUT2D eigenvalue weighted by atomic mass is 19.1. The van der Waals surface area contributed by atoms with E-state index in [-0.39, 0.29) is 17.6 Å². The van der Waals surface area contributed by atoms with Crippen LogP contribution in [0.3, 0.4) is 0 Å². The van der Waals surface area contributed by atoms with Crippen molar-refractivity contribution in [2.75, 3.05) is 19.6 Å². The largest absolute Gasteiger partial charge is 0.508 e. The normalized spacial score (nSPS) is 26.3. The van der Waals surface area contributed by atoms with Gasteiger partial charge in [-0.05, 0) is 44.3 Å². The molecule has 2 rings (SSSR count). The van der Waals surface area contributed by atoms with Gasteiger partial charge in [-0.2, -0.15) is 0 Å². The Morgan fingerprint density at radius 2 is 2.26 bits per heavy atom. The number of aromatic hydroxyl groups is 1. The van der Waals surface area contributed by atoms with Gasteiger partial charge in [0, 0.05) is 24.2 Å².